The number of nitrogens with zero attached hydrogens (tertiary/aromatic N) is 4. The Morgan fingerprint density at radius 2 is 1.79 bits per heavy atom. The van der Waals surface area contributed by atoms with Gasteiger partial charge in [-0.1, -0.05) is 6.42 Å². The topological polar surface area (TPSA) is 60.4 Å². The van der Waals surface area contributed by atoms with Crippen molar-refractivity contribution < 1.29 is 9.53 Å². The lowest BCUT2D eigenvalue weighted by atomic mass is 9.65. The molecule has 2 heterocycles. The number of morpholine rings is 1. The summed E-state index contributed by atoms with van der Waals surface area (Å²) >= 11 is 0. The Morgan fingerprint density at radius 1 is 1.07 bits per heavy atom. The first kappa shape index (κ1) is 20.0. The number of guanidine groups is 1. The van der Waals surface area contributed by atoms with Gasteiger partial charge in [-0.2, -0.15) is 0 Å². The number of piperazine rings is 1. The second-order valence-corrected chi connectivity index (χ2v) is 8.92. The molecule has 0 unspecified atom stereocenters. The summed E-state index contributed by atoms with van der Waals surface area (Å²) in [5.41, 5.74) is 0.521. The van der Waals surface area contributed by atoms with Crippen LogP contribution in [0.5, 0.6) is 0 Å². The van der Waals surface area contributed by atoms with Crippen LogP contribution in [-0.2, 0) is 9.53 Å². The van der Waals surface area contributed by atoms with Gasteiger partial charge >= 0.3 is 0 Å². The predicted octanol–water partition coefficient (Wildman–Crippen LogP) is 1.01. The van der Waals surface area contributed by atoms with Crippen molar-refractivity contribution in [2.45, 2.75) is 39.0 Å². The second kappa shape index (κ2) is 8.99. The Bertz CT molecular complexity index is 559. The highest BCUT2D eigenvalue weighted by atomic mass is 16.5. The number of carbonyl (C=O) groups excluding carboxylic acids is 1. The minimum Gasteiger partial charge on any atom is -0.378 e. The highest BCUT2D eigenvalue weighted by Crippen LogP contribution is 2.57. The molecule has 2 saturated carbocycles. The SMILES string of the molecule is CCNC(=NCC1(C2CC2)CCC1)N1CCN(CC(=O)N2CCOCC2)CC1. The van der Waals surface area contributed by atoms with Crippen molar-refractivity contribution in [1.29, 1.82) is 0 Å². The van der Waals surface area contributed by atoms with Gasteiger partial charge in [0.25, 0.3) is 0 Å². The van der Waals surface area contributed by atoms with Crippen LogP contribution in [0.2, 0.25) is 0 Å². The number of rotatable bonds is 6. The van der Waals surface area contributed by atoms with Gasteiger partial charge < -0.3 is 19.9 Å². The Balaban J connectivity index is 1.27. The van der Waals surface area contributed by atoms with Crippen LogP contribution in [0.25, 0.3) is 0 Å². The van der Waals surface area contributed by atoms with E-state index in [1.165, 1.54) is 32.1 Å². The summed E-state index contributed by atoms with van der Waals surface area (Å²) in [7, 11) is 0. The van der Waals surface area contributed by atoms with Crippen LogP contribution in [-0.4, -0.2) is 98.7 Å². The number of carbonyl (C=O) groups is 1. The largest absolute Gasteiger partial charge is 0.378 e. The van der Waals surface area contributed by atoms with E-state index in [4.69, 9.17) is 9.73 Å². The van der Waals surface area contributed by atoms with E-state index in [0.717, 1.165) is 64.2 Å². The number of ether oxygens (including phenoxy) is 1. The van der Waals surface area contributed by atoms with Gasteiger partial charge in [-0.15, -0.1) is 0 Å². The van der Waals surface area contributed by atoms with Crippen molar-refractivity contribution in [3.8, 4) is 0 Å². The Morgan fingerprint density at radius 3 is 2.36 bits per heavy atom. The summed E-state index contributed by atoms with van der Waals surface area (Å²) in [5, 5.41) is 3.51. The molecule has 4 rings (SSSR count). The van der Waals surface area contributed by atoms with Gasteiger partial charge in [0.1, 0.15) is 0 Å². The molecule has 4 fully saturated rings. The first-order chi connectivity index (χ1) is 13.7. The molecular weight excluding hydrogens is 354 g/mol. The molecule has 0 atom stereocenters. The first-order valence-corrected chi connectivity index (χ1v) is 11.3. The monoisotopic (exact) mass is 391 g/mol. The van der Waals surface area contributed by atoms with Gasteiger partial charge in [0, 0.05) is 52.4 Å². The number of nitrogens with one attached hydrogen (secondary N) is 1. The second-order valence-electron chi connectivity index (χ2n) is 8.92. The molecule has 0 radical (unpaired) electrons. The highest BCUT2D eigenvalue weighted by Gasteiger charge is 2.48. The first-order valence-electron chi connectivity index (χ1n) is 11.3. The van der Waals surface area contributed by atoms with Gasteiger partial charge in [-0.3, -0.25) is 14.7 Å². The van der Waals surface area contributed by atoms with Crippen molar-refractivity contribution >= 4 is 11.9 Å². The summed E-state index contributed by atoms with van der Waals surface area (Å²) < 4.78 is 5.35. The van der Waals surface area contributed by atoms with Crippen LogP contribution in [0, 0.1) is 11.3 Å². The normalized spacial score (nSPS) is 26.1. The summed E-state index contributed by atoms with van der Waals surface area (Å²) in [5.74, 6) is 2.26. The van der Waals surface area contributed by atoms with E-state index in [2.05, 4.69) is 22.0 Å². The van der Waals surface area contributed by atoms with Crippen molar-refractivity contribution in [2.24, 2.45) is 16.3 Å². The maximum atomic E-state index is 12.5. The van der Waals surface area contributed by atoms with Gasteiger partial charge in [0.2, 0.25) is 5.91 Å². The molecule has 0 bridgehead atoms. The summed E-state index contributed by atoms with van der Waals surface area (Å²) in [6.45, 7) is 11.1. The third-order valence-electron chi connectivity index (χ3n) is 7.07. The lowest BCUT2D eigenvalue weighted by Gasteiger charge is -2.42. The smallest absolute Gasteiger partial charge is 0.236 e. The molecule has 0 aromatic carbocycles. The lowest BCUT2D eigenvalue weighted by Crippen LogP contribution is -2.55. The average Bonchev–Trinajstić information content (AvgIpc) is 3.53. The Hall–Kier alpha value is -1.34. The molecule has 1 amide bonds. The van der Waals surface area contributed by atoms with E-state index in [0.29, 0.717) is 25.2 Å². The van der Waals surface area contributed by atoms with E-state index in [1.54, 1.807) is 0 Å². The molecular formula is C21H37N5O2. The third kappa shape index (κ3) is 4.62. The van der Waals surface area contributed by atoms with Gasteiger partial charge in [-0.25, -0.2) is 0 Å². The van der Waals surface area contributed by atoms with Crippen LogP contribution < -0.4 is 5.32 Å². The molecule has 7 nitrogen and oxygen atoms in total. The van der Waals surface area contributed by atoms with Crippen LogP contribution in [0.1, 0.15) is 39.0 Å². The standard InChI is InChI=1S/C21H37N5O2/c1-2-22-20(23-17-21(6-3-7-21)18-4-5-18)26-10-8-24(9-11-26)16-19(27)25-12-14-28-15-13-25/h18H,2-17H2,1H3,(H,22,23). The zero-order valence-corrected chi connectivity index (χ0v) is 17.5. The fraction of sp³-hybridized carbons (Fsp3) is 0.905. The van der Waals surface area contributed by atoms with Gasteiger partial charge in [0.05, 0.1) is 19.8 Å². The number of hydrogen-bond donors (Lipinski definition) is 1. The third-order valence-corrected chi connectivity index (χ3v) is 7.07. The van der Waals surface area contributed by atoms with Crippen molar-refractivity contribution in [3.05, 3.63) is 0 Å². The minimum atomic E-state index is 0.244. The maximum Gasteiger partial charge on any atom is 0.236 e. The van der Waals surface area contributed by atoms with Crippen molar-refractivity contribution in [3.63, 3.8) is 0 Å². The van der Waals surface area contributed by atoms with E-state index in [1.807, 2.05) is 4.90 Å². The Kier molecular flexibility index (Phi) is 6.41. The van der Waals surface area contributed by atoms with Crippen molar-refractivity contribution in [2.75, 3.05) is 72.1 Å². The minimum absolute atomic E-state index is 0.244. The molecule has 4 aliphatic rings. The predicted molar refractivity (Wildman–Crippen MR) is 110 cm³/mol. The molecule has 0 aromatic rings. The molecule has 0 spiro atoms. The fourth-order valence-corrected chi connectivity index (χ4v) is 4.90. The molecule has 2 saturated heterocycles. The highest BCUT2D eigenvalue weighted by molar-refractivity contribution is 5.80. The summed E-state index contributed by atoms with van der Waals surface area (Å²) in [4.78, 5) is 24.2. The van der Waals surface area contributed by atoms with E-state index < -0.39 is 0 Å². The number of amides is 1. The van der Waals surface area contributed by atoms with Crippen LogP contribution in [0.4, 0.5) is 0 Å². The Labute approximate surface area is 169 Å². The average molecular weight is 392 g/mol. The quantitative estimate of drug-likeness (QED) is 0.541. The molecule has 28 heavy (non-hydrogen) atoms. The lowest BCUT2D eigenvalue weighted by molar-refractivity contribution is -0.136. The number of hydrogen-bond acceptors (Lipinski definition) is 4. The van der Waals surface area contributed by atoms with Crippen LogP contribution >= 0.6 is 0 Å². The summed E-state index contributed by atoms with van der Waals surface area (Å²) in [6.07, 6.45) is 6.97. The van der Waals surface area contributed by atoms with Crippen LogP contribution in [0.15, 0.2) is 4.99 Å². The maximum absolute atomic E-state index is 12.5. The van der Waals surface area contributed by atoms with Gasteiger partial charge in [0.15, 0.2) is 5.96 Å². The number of aliphatic imine (C=N–C) groups is 1. The molecule has 158 valence electrons. The van der Waals surface area contributed by atoms with E-state index in [-0.39, 0.29) is 5.91 Å². The van der Waals surface area contributed by atoms with E-state index in [9.17, 15) is 4.79 Å². The van der Waals surface area contributed by atoms with Crippen LogP contribution in [0.3, 0.4) is 0 Å². The van der Waals surface area contributed by atoms with Crippen molar-refractivity contribution in [1.82, 2.24) is 20.0 Å². The molecule has 1 N–H and O–H groups in total. The zero-order valence-electron chi connectivity index (χ0n) is 17.5. The zero-order chi connectivity index (χ0) is 19.4. The summed E-state index contributed by atoms with van der Waals surface area (Å²) in [6, 6.07) is 0. The van der Waals surface area contributed by atoms with E-state index >= 15 is 0 Å². The molecule has 2 aliphatic carbocycles. The fourth-order valence-electron chi connectivity index (χ4n) is 4.90. The molecule has 0 aromatic heterocycles. The molecule has 7 heteroatoms. The molecule has 2 aliphatic heterocycles. The van der Waals surface area contributed by atoms with Gasteiger partial charge in [-0.05, 0) is 43.9 Å².